The molecule has 0 radical (unpaired) electrons. The van der Waals surface area contributed by atoms with Crippen molar-refractivity contribution < 1.29 is 14.6 Å². The van der Waals surface area contributed by atoms with E-state index in [9.17, 15) is 5.11 Å². The molecule has 16 heavy (non-hydrogen) atoms. The molecule has 2 unspecified atom stereocenters. The zero-order valence-corrected chi connectivity index (χ0v) is 11.2. The van der Waals surface area contributed by atoms with Crippen LogP contribution in [-0.2, 0) is 9.47 Å². The van der Waals surface area contributed by atoms with Crippen LogP contribution < -0.4 is 5.73 Å². The van der Waals surface area contributed by atoms with Crippen molar-refractivity contribution in [3.63, 3.8) is 0 Å². The molecular weight excluding hydrogens is 206 g/mol. The van der Waals surface area contributed by atoms with E-state index >= 15 is 0 Å². The number of aliphatic hydroxyl groups excluding tert-OH is 1. The number of hydrogen-bond donors (Lipinski definition) is 2. The van der Waals surface area contributed by atoms with Gasteiger partial charge in [0.1, 0.15) is 0 Å². The molecule has 0 fully saturated rings. The molecule has 0 aliphatic heterocycles. The summed E-state index contributed by atoms with van der Waals surface area (Å²) in [5, 5.41) is 9.20. The second-order valence-corrected chi connectivity index (χ2v) is 5.13. The Hall–Kier alpha value is -0.160. The van der Waals surface area contributed by atoms with E-state index in [1.54, 1.807) is 7.11 Å². The van der Waals surface area contributed by atoms with Gasteiger partial charge in [0.25, 0.3) is 0 Å². The quantitative estimate of drug-likeness (QED) is 0.660. The lowest BCUT2D eigenvalue weighted by Gasteiger charge is -2.28. The van der Waals surface area contributed by atoms with Gasteiger partial charge < -0.3 is 20.3 Å². The van der Waals surface area contributed by atoms with E-state index in [1.165, 1.54) is 0 Å². The normalized spacial score (nSPS) is 16.5. The van der Waals surface area contributed by atoms with Gasteiger partial charge in [0.15, 0.2) is 0 Å². The number of hydrogen-bond acceptors (Lipinski definition) is 4. The van der Waals surface area contributed by atoms with Crippen LogP contribution in [0.25, 0.3) is 0 Å². The van der Waals surface area contributed by atoms with Crippen molar-refractivity contribution in [2.75, 3.05) is 20.3 Å². The van der Waals surface area contributed by atoms with Gasteiger partial charge in [0.05, 0.1) is 18.3 Å². The standard InChI is InChI=1S/C12H27NO3/c1-9(2)11(13)10(8-14)16-7-6-12(3,4)15-5/h9-11,14H,6-8,13H2,1-5H3. The third-order valence-electron chi connectivity index (χ3n) is 2.97. The molecule has 98 valence electrons. The highest BCUT2D eigenvalue weighted by atomic mass is 16.5. The molecule has 0 aromatic heterocycles. The van der Waals surface area contributed by atoms with E-state index in [4.69, 9.17) is 15.2 Å². The van der Waals surface area contributed by atoms with E-state index < -0.39 is 0 Å². The Morgan fingerprint density at radius 1 is 1.31 bits per heavy atom. The number of aliphatic hydroxyl groups is 1. The second kappa shape index (κ2) is 7.22. The molecule has 0 aromatic carbocycles. The summed E-state index contributed by atoms with van der Waals surface area (Å²) in [5.41, 5.74) is 5.74. The maximum atomic E-state index is 9.20. The summed E-state index contributed by atoms with van der Waals surface area (Å²) in [6, 6.07) is -0.129. The number of ether oxygens (including phenoxy) is 2. The Morgan fingerprint density at radius 3 is 2.25 bits per heavy atom. The Kier molecular flexibility index (Phi) is 7.15. The topological polar surface area (TPSA) is 64.7 Å². The monoisotopic (exact) mass is 233 g/mol. The van der Waals surface area contributed by atoms with E-state index in [2.05, 4.69) is 0 Å². The predicted octanol–water partition coefficient (Wildman–Crippen LogP) is 1.16. The fraction of sp³-hybridized carbons (Fsp3) is 1.00. The molecule has 0 heterocycles. The highest BCUT2D eigenvalue weighted by Gasteiger charge is 2.22. The van der Waals surface area contributed by atoms with Crippen molar-refractivity contribution >= 4 is 0 Å². The lowest BCUT2D eigenvalue weighted by molar-refractivity contribution is -0.0499. The minimum atomic E-state index is -0.285. The van der Waals surface area contributed by atoms with Crippen molar-refractivity contribution in [1.82, 2.24) is 0 Å². The smallest absolute Gasteiger partial charge is 0.0958 e. The van der Waals surface area contributed by atoms with Crippen LogP contribution in [0.2, 0.25) is 0 Å². The first-order valence-electron chi connectivity index (χ1n) is 5.87. The van der Waals surface area contributed by atoms with Gasteiger partial charge in [0, 0.05) is 19.8 Å². The Morgan fingerprint density at radius 2 is 1.88 bits per heavy atom. The second-order valence-electron chi connectivity index (χ2n) is 5.13. The minimum absolute atomic E-state index is 0.0350. The summed E-state index contributed by atoms with van der Waals surface area (Å²) in [6.45, 7) is 8.57. The molecule has 4 nitrogen and oxygen atoms in total. The van der Waals surface area contributed by atoms with Gasteiger partial charge in [-0.05, 0) is 26.2 Å². The summed E-state index contributed by atoms with van der Waals surface area (Å²) >= 11 is 0. The molecule has 4 heteroatoms. The van der Waals surface area contributed by atoms with Crippen LogP contribution in [-0.4, -0.2) is 43.2 Å². The fourth-order valence-electron chi connectivity index (χ4n) is 1.27. The maximum Gasteiger partial charge on any atom is 0.0958 e. The summed E-state index contributed by atoms with van der Waals surface area (Å²) in [6.07, 6.45) is 0.498. The Bertz CT molecular complexity index is 183. The molecular formula is C12H27NO3. The zero-order valence-electron chi connectivity index (χ0n) is 11.2. The van der Waals surface area contributed by atoms with E-state index in [-0.39, 0.29) is 24.4 Å². The minimum Gasteiger partial charge on any atom is -0.394 e. The van der Waals surface area contributed by atoms with Crippen molar-refractivity contribution in [3.05, 3.63) is 0 Å². The van der Waals surface area contributed by atoms with Crippen LogP contribution in [0.4, 0.5) is 0 Å². The summed E-state index contributed by atoms with van der Waals surface area (Å²) in [5.74, 6) is 0.299. The van der Waals surface area contributed by atoms with E-state index in [0.29, 0.717) is 12.5 Å². The average Bonchev–Trinajstić information content (AvgIpc) is 2.23. The third kappa shape index (κ3) is 5.80. The summed E-state index contributed by atoms with van der Waals surface area (Å²) in [4.78, 5) is 0. The molecule has 0 aliphatic rings. The fourth-order valence-corrected chi connectivity index (χ4v) is 1.27. The van der Waals surface area contributed by atoms with Gasteiger partial charge in [-0.1, -0.05) is 13.8 Å². The van der Waals surface area contributed by atoms with Crippen LogP contribution in [0.5, 0.6) is 0 Å². The van der Waals surface area contributed by atoms with Crippen molar-refractivity contribution in [2.45, 2.75) is 51.9 Å². The highest BCUT2D eigenvalue weighted by molar-refractivity contribution is 4.76. The number of methoxy groups -OCH3 is 1. The number of rotatable bonds is 8. The predicted molar refractivity (Wildman–Crippen MR) is 65.3 cm³/mol. The molecule has 0 rings (SSSR count). The van der Waals surface area contributed by atoms with Crippen LogP contribution in [0.15, 0.2) is 0 Å². The number of nitrogens with two attached hydrogens (primary N) is 1. The first kappa shape index (κ1) is 15.8. The molecule has 0 aromatic rings. The van der Waals surface area contributed by atoms with Crippen molar-refractivity contribution in [2.24, 2.45) is 11.7 Å². The molecule has 0 bridgehead atoms. The first-order valence-corrected chi connectivity index (χ1v) is 5.87. The third-order valence-corrected chi connectivity index (χ3v) is 2.97. The molecule has 0 saturated heterocycles. The maximum absolute atomic E-state index is 9.20. The van der Waals surface area contributed by atoms with Crippen LogP contribution in [0.1, 0.15) is 34.1 Å². The lowest BCUT2D eigenvalue weighted by atomic mass is 10.00. The molecule has 0 amide bonds. The summed E-state index contributed by atoms with van der Waals surface area (Å²) in [7, 11) is 1.68. The highest BCUT2D eigenvalue weighted by Crippen LogP contribution is 2.14. The van der Waals surface area contributed by atoms with Crippen molar-refractivity contribution in [3.8, 4) is 0 Å². The Labute approximate surface area is 99.1 Å². The first-order chi connectivity index (χ1) is 7.34. The van der Waals surface area contributed by atoms with Gasteiger partial charge in [-0.3, -0.25) is 0 Å². The van der Waals surface area contributed by atoms with E-state index in [1.807, 2.05) is 27.7 Å². The average molecular weight is 233 g/mol. The summed E-state index contributed by atoms with van der Waals surface area (Å²) < 4.78 is 10.9. The van der Waals surface area contributed by atoms with Crippen molar-refractivity contribution in [1.29, 1.82) is 0 Å². The lowest BCUT2D eigenvalue weighted by Crippen LogP contribution is -2.43. The Balaban J connectivity index is 3.97. The molecule has 0 spiro atoms. The molecule has 0 saturated carbocycles. The van der Waals surface area contributed by atoms with Crippen LogP contribution in [0.3, 0.4) is 0 Å². The van der Waals surface area contributed by atoms with Gasteiger partial charge in [-0.15, -0.1) is 0 Å². The largest absolute Gasteiger partial charge is 0.394 e. The van der Waals surface area contributed by atoms with Crippen LogP contribution >= 0.6 is 0 Å². The van der Waals surface area contributed by atoms with Gasteiger partial charge >= 0.3 is 0 Å². The van der Waals surface area contributed by atoms with Gasteiger partial charge in [0.2, 0.25) is 0 Å². The molecule has 0 aliphatic carbocycles. The van der Waals surface area contributed by atoms with Crippen LogP contribution in [0, 0.1) is 5.92 Å². The zero-order chi connectivity index (χ0) is 12.8. The van der Waals surface area contributed by atoms with E-state index in [0.717, 1.165) is 6.42 Å². The molecule has 3 N–H and O–H groups in total. The SMILES string of the molecule is COC(C)(C)CCOC(CO)C(N)C(C)C. The van der Waals surface area contributed by atoms with Gasteiger partial charge in [-0.25, -0.2) is 0 Å². The van der Waals surface area contributed by atoms with Gasteiger partial charge in [-0.2, -0.15) is 0 Å². The molecule has 2 atom stereocenters.